The predicted octanol–water partition coefficient (Wildman–Crippen LogP) is 2.91. The molecular formula is C14H16O2S. The monoisotopic (exact) mass is 248 g/mol. The van der Waals surface area contributed by atoms with Gasteiger partial charge in [0.25, 0.3) is 0 Å². The molecule has 3 heteroatoms. The first kappa shape index (κ1) is 11.0. The Bertz CT molecular complexity index is 559. The topological polar surface area (TPSA) is 34.1 Å². The first-order valence-corrected chi connectivity index (χ1v) is 7.85. The summed E-state index contributed by atoms with van der Waals surface area (Å²) in [6, 6.07) is 7.43. The van der Waals surface area contributed by atoms with Crippen LogP contribution in [0.5, 0.6) is 0 Å². The zero-order valence-electron chi connectivity index (χ0n) is 9.89. The van der Waals surface area contributed by atoms with Gasteiger partial charge < -0.3 is 0 Å². The minimum Gasteiger partial charge on any atom is -0.224 e. The normalized spacial score (nSPS) is 25.4. The van der Waals surface area contributed by atoms with Gasteiger partial charge in [0.15, 0.2) is 9.84 Å². The summed E-state index contributed by atoms with van der Waals surface area (Å²) < 4.78 is 22.7. The van der Waals surface area contributed by atoms with Gasteiger partial charge in [0.2, 0.25) is 0 Å². The molecule has 1 spiro atoms. The maximum Gasteiger partial charge on any atom is 0.175 e. The van der Waals surface area contributed by atoms with Crippen LogP contribution >= 0.6 is 0 Å². The van der Waals surface area contributed by atoms with Gasteiger partial charge in [-0.2, -0.15) is 0 Å². The fourth-order valence-electron chi connectivity index (χ4n) is 2.94. The quantitative estimate of drug-likeness (QED) is 0.754. The molecule has 2 aliphatic carbocycles. The molecule has 1 saturated carbocycles. The molecule has 17 heavy (non-hydrogen) atoms. The third kappa shape index (κ3) is 1.82. The highest BCUT2D eigenvalue weighted by Gasteiger charge is 2.54. The van der Waals surface area contributed by atoms with Crippen LogP contribution in [0.4, 0.5) is 0 Å². The van der Waals surface area contributed by atoms with Crippen molar-refractivity contribution < 1.29 is 8.42 Å². The molecule has 2 nitrogen and oxygen atoms in total. The van der Waals surface area contributed by atoms with E-state index < -0.39 is 9.84 Å². The molecular weight excluding hydrogens is 232 g/mol. The average Bonchev–Trinajstić information content (AvgIpc) is 2.76. The molecule has 0 aromatic heterocycles. The molecule has 1 aromatic carbocycles. The first-order chi connectivity index (χ1) is 8.01. The molecule has 0 bridgehead atoms. The third-order valence-corrected chi connectivity index (χ3v) is 5.24. The van der Waals surface area contributed by atoms with E-state index in [1.807, 2.05) is 12.1 Å². The van der Waals surface area contributed by atoms with Crippen LogP contribution < -0.4 is 0 Å². The van der Waals surface area contributed by atoms with Gasteiger partial charge in [-0.25, -0.2) is 8.42 Å². The Labute approximate surface area is 102 Å². The second-order valence-corrected chi connectivity index (χ2v) is 7.36. The molecule has 1 atom stereocenters. The number of hydrogen-bond donors (Lipinski definition) is 0. The molecule has 2 aliphatic rings. The molecule has 0 heterocycles. The van der Waals surface area contributed by atoms with Gasteiger partial charge in [0, 0.05) is 6.26 Å². The Morgan fingerprint density at radius 1 is 1.12 bits per heavy atom. The van der Waals surface area contributed by atoms with Gasteiger partial charge in [-0.3, -0.25) is 0 Å². The minimum absolute atomic E-state index is 0.417. The molecule has 0 radical (unpaired) electrons. The van der Waals surface area contributed by atoms with Gasteiger partial charge in [-0.15, -0.1) is 0 Å². The van der Waals surface area contributed by atoms with Crippen molar-refractivity contribution in [3.63, 3.8) is 0 Å². The molecule has 0 N–H and O–H groups in total. The van der Waals surface area contributed by atoms with Crippen molar-refractivity contribution >= 4 is 9.84 Å². The van der Waals surface area contributed by atoms with Gasteiger partial charge in [-0.05, 0) is 48.3 Å². The fraction of sp³-hybridized carbons (Fsp3) is 0.429. The van der Waals surface area contributed by atoms with Crippen LogP contribution in [0, 0.1) is 5.41 Å². The van der Waals surface area contributed by atoms with Gasteiger partial charge in [0.05, 0.1) is 4.90 Å². The van der Waals surface area contributed by atoms with E-state index in [9.17, 15) is 8.42 Å². The molecule has 1 fully saturated rings. The van der Waals surface area contributed by atoms with Crippen LogP contribution in [-0.2, 0) is 9.84 Å². The van der Waals surface area contributed by atoms with Crippen LogP contribution in [0.1, 0.15) is 30.7 Å². The van der Waals surface area contributed by atoms with E-state index in [-0.39, 0.29) is 0 Å². The average molecular weight is 248 g/mol. The lowest BCUT2D eigenvalue weighted by Crippen LogP contribution is -1.99. The van der Waals surface area contributed by atoms with Crippen LogP contribution in [-0.4, -0.2) is 14.7 Å². The van der Waals surface area contributed by atoms with Crippen molar-refractivity contribution in [2.24, 2.45) is 5.41 Å². The van der Waals surface area contributed by atoms with Gasteiger partial charge in [-0.1, -0.05) is 24.3 Å². The van der Waals surface area contributed by atoms with Gasteiger partial charge >= 0.3 is 0 Å². The van der Waals surface area contributed by atoms with Crippen LogP contribution in [0.2, 0.25) is 0 Å². The van der Waals surface area contributed by atoms with Crippen molar-refractivity contribution in [1.29, 1.82) is 0 Å². The largest absolute Gasteiger partial charge is 0.224 e. The lowest BCUT2D eigenvalue weighted by atomic mass is 9.97. The summed E-state index contributed by atoms with van der Waals surface area (Å²) in [7, 11) is -3.06. The van der Waals surface area contributed by atoms with E-state index in [1.54, 1.807) is 12.1 Å². The van der Waals surface area contributed by atoms with Crippen molar-refractivity contribution in [1.82, 2.24) is 0 Å². The third-order valence-electron chi connectivity index (χ3n) is 4.12. The maximum atomic E-state index is 11.4. The summed E-state index contributed by atoms with van der Waals surface area (Å²) in [5.41, 5.74) is 1.77. The van der Waals surface area contributed by atoms with Crippen molar-refractivity contribution in [3.05, 3.63) is 42.0 Å². The van der Waals surface area contributed by atoms with Crippen molar-refractivity contribution in [3.8, 4) is 0 Å². The Kier molecular flexibility index (Phi) is 2.24. The van der Waals surface area contributed by atoms with Crippen molar-refractivity contribution in [2.45, 2.75) is 30.1 Å². The molecule has 1 unspecified atom stereocenters. The summed E-state index contributed by atoms with van der Waals surface area (Å²) in [5, 5.41) is 0. The number of allylic oxidation sites excluding steroid dienone is 2. The number of hydrogen-bond acceptors (Lipinski definition) is 2. The van der Waals surface area contributed by atoms with Crippen LogP contribution in [0.3, 0.4) is 0 Å². The standard InChI is InChI=1S/C14H16O2S/c1-17(15,16)12-6-4-11(5-7-12)13-10-14(13)8-2-3-9-14/h2-7,13H,8-10H2,1H3. The Morgan fingerprint density at radius 3 is 2.24 bits per heavy atom. The zero-order valence-corrected chi connectivity index (χ0v) is 10.7. The second kappa shape index (κ2) is 3.45. The Morgan fingerprint density at radius 2 is 1.71 bits per heavy atom. The molecule has 3 rings (SSSR count). The second-order valence-electron chi connectivity index (χ2n) is 5.34. The summed E-state index contributed by atoms with van der Waals surface area (Å²) in [4.78, 5) is 0.417. The summed E-state index contributed by atoms with van der Waals surface area (Å²) in [6.07, 6.45) is 9.41. The van der Waals surface area contributed by atoms with Crippen molar-refractivity contribution in [2.75, 3.05) is 6.26 Å². The van der Waals surface area contributed by atoms with E-state index in [1.165, 1.54) is 31.1 Å². The lowest BCUT2D eigenvalue weighted by Gasteiger charge is -2.08. The van der Waals surface area contributed by atoms with E-state index in [4.69, 9.17) is 0 Å². The number of rotatable bonds is 2. The highest BCUT2D eigenvalue weighted by atomic mass is 32.2. The number of sulfone groups is 1. The summed E-state index contributed by atoms with van der Waals surface area (Å²) >= 11 is 0. The minimum atomic E-state index is -3.06. The first-order valence-electron chi connectivity index (χ1n) is 5.96. The molecule has 90 valence electrons. The Hall–Kier alpha value is -1.09. The maximum absolute atomic E-state index is 11.4. The van der Waals surface area contributed by atoms with Gasteiger partial charge in [0.1, 0.15) is 0 Å². The van der Waals surface area contributed by atoms with Crippen LogP contribution in [0.25, 0.3) is 0 Å². The smallest absolute Gasteiger partial charge is 0.175 e. The van der Waals surface area contributed by atoms with Crippen LogP contribution in [0.15, 0.2) is 41.3 Å². The highest BCUT2D eigenvalue weighted by molar-refractivity contribution is 7.90. The predicted molar refractivity (Wildman–Crippen MR) is 67.7 cm³/mol. The van der Waals surface area contributed by atoms with E-state index in [0.717, 1.165) is 0 Å². The molecule has 0 aliphatic heterocycles. The highest BCUT2D eigenvalue weighted by Crippen LogP contribution is 2.65. The summed E-state index contributed by atoms with van der Waals surface area (Å²) in [6.45, 7) is 0. The summed E-state index contributed by atoms with van der Waals surface area (Å²) in [5.74, 6) is 0.631. The number of benzene rings is 1. The van der Waals surface area contributed by atoms with E-state index in [0.29, 0.717) is 16.2 Å². The lowest BCUT2D eigenvalue weighted by molar-refractivity contribution is 0.535. The molecule has 1 aromatic rings. The Balaban J connectivity index is 1.83. The SMILES string of the molecule is CS(=O)(=O)c1ccc(C2CC23CC=CC3)cc1. The van der Waals surface area contributed by atoms with E-state index in [2.05, 4.69) is 12.2 Å². The fourth-order valence-corrected chi connectivity index (χ4v) is 3.57. The van der Waals surface area contributed by atoms with E-state index >= 15 is 0 Å². The molecule has 0 saturated heterocycles. The zero-order chi connectivity index (χ0) is 12.1. The molecule has 0 amide bonds.